The highest BCUT2D eigenvalue weighted by Gasteiger charge is 2.26. The zero-order valence-electron chi connectivity index (χ0n) is 25.3. The predicted octanol–water partition coefficient (Wildman–Crippen LogP) is 10.8. The van der Waals surface area contributed by atoms with Crippen molar-refractivity contribution in [1.29, 1.82) is 0 Å². The van der Waals surface area contributed by atoms with Crippen LogP contribution in [0.15, 0.2) is 132 Å². The number of nitrogens with zero attached hydrogens (tertiary/aromatic N) is 3. The molecule has 8 aromatic rings. The lowest BCUT2D eigenvalue weighted by Crippen LogP contribution is -2.13. The van der Waals surface area contributed by atoms with Crippen LogP contribution >= 0.6 is 0 Å². The molecule has 0 spiro atoms. The Morgan fingerprint density at radius 3 is 1.93 bits per heavy atom. The summed E-state index contributed by atoms with van der Waals surface area (Å²) >= 11 is 0. The summed E-state index contributed by atoms with van der Waals surface area (Å²) in [4.78, 5) is 9.30. The Balaban J connectivity index is 1.54. The third-order valence-corrected chi connectivity index (χ3v) is 8.50. The molecule has 0 aliphatic heterocycles. The summed E-state index contributed by atoms with van der Waals surface area (Å²) < 4.78 is 22.7. The van der Waals surface area contributed by atoms with Gasteiger partial charge in [-0.15, -0.1) is 0 Å². The molecule has 5 aromatic carbocycles. The fourth-order valence-electron chi connectivity index (χ4n) is 6.25. The van der Waals surface area contributed by atoms with Crippen LogP contribution in [0.4, 0.5) is 4.39 Å². The number of hydrogen-bond donors (Lipinski definition) is 0. The fourth-order valence-corrected chi connectivity index (χ4v) is 6.25. The summed E-state index contributed by atoms with van der Waals surface area (Å²) in [6.07, 6.45) is 0. The van der Waals surface area contributed by atoms with E-state index in [4.69, 9.17) is 9.40 Å². The Morgan fingerprint density at radius 2 is 1.27 bits per heavy atom. The van der Waals surface area contributed by atoms with Crippen molar-refractivity contribution in [3.8, 4) is 39.3 Å². The third-order valence-electron chi connectivity index (χ3n) is 8.50. The highest BCUT2D eigenvalue weighted by molar-refractivity contribution is 6.08. The summed E-state index contributed by atoms with van der Waals surface area (Å²) in [6, 6.07) is 43.0. The summed E-state index contributed by atoms with van der Waals surface area (Å²) in [6.45, 7) is 6.76. The Bertz CT molecular complexity index is 2300. The number of fused-ring (bicyclic) bond motifs is 4. The minimum Gasteiger partial charge on any atom is -0.437 e. The third kappa shape index (κ3) is 4.51. The lowest BCUT2D eigenvalue weighted by molar-refractivity contribution is 0.569. The minimum atomic E-state index is -0.575. The van der Waals surface area contributed by atoms with Crippen molar-refractivity contribution in [3.63, 3.8) is 0 Å². The molecule has 0 fully saturated rings. The van der Waals surface area contributed by atoms with Crippen molar-refractivity contribution in [3.05, 3.63) is 139 Å². The summed E-state index contributed by atoms with van der Waals surface area (Å²) in [5.74, 6) is 0.161. The van der Waals surface area contributed by atoms with Crippen LogP contribution in [0.5, 0.6) is 0 Å². The van der Waals surface area contributed by atoms with Crippen LogP contribution in [0.1, 0.15) is 26.3 Å². The second-order valence-corrected chi connectivity index (χ2v) is 12.4. The van der Waals surface area contributed by atoms with Crippen LogP contribution in [-0.4, -0.2) is 14.5 Å². The van der Waals surface area contributed by atoms with Crippen molar-refractivity contribution in [2.75, 3.05) is 0 Å². The maximum Gasteiger partial charge on any atom is 0.229 e. The second kappa shape index (κ2) is 10.3. The molecule has 0 amide bonds. The van der Waals surface area contributed by atoms with Gasteiger partial charge in [0.15, 0.2) is 0 Å². The quantitative estimate of drug-likeness (QED) is 0.192. The van der Waals surface area contributed by atoms with E-state index in [0.29, 0.717) is 5.58 Å². The average Bonchev–Trinajstić information content (AvgIpc) is 3.62. The largest absolute Gasteiger partial charge is 0.437 e. The highest BCUT2D eigenvalue weighted by Crippen LogP contribution is 2.44. The monoisotopic (exact) mass is 587 g/mol. The van der Waals surface area contributed by atoms with Crippen molar-refractivity contribution in [2.45, 2.75) is 26.2 Å². The van der Waals surface area contributed by atoms with Gasteiger partial charge in [0.2, 0.25) is 11.7 Å². The molecule has 5 heteroatoms. The first-order valence-electron chi connectivity index (χ1n) is 15.1. The van der Waals surface area contributed by atoms with E-state index in [9.17, 15) is 4.39 Å². The Kier molecular flexibility index (Phi) is 6.17. The number of benzene rings is 5. The van der Waals surface area contributed by atoms with Crippen LogP contribution in [0, 0.1) is 5.95 Å². The molecule has 0 aliphatic carbocycles. The van der Waals surface area contributed by atoms with Crippen molar-refractivity contribution < 1.29 is 8.81 Å². The lowest BCUT2D eigenvalue weighted by atomic mass is 9.82. The van der Waals surface area contributed by atoms with Crippen LogP contribution in [0.2, 0.25) is 0 Å². The van der Waals surface area contributed by atoms with E-state index in [1.54, 1.807) is 6.07 Å². The smallest absolute Gasteiger partial charge is 0.229 e. The van der Waals surface area contributed by atoms with Crippen LogP contribution < -0.4 is 0 Å². The molecule has 0 aliphatic rings. The highest BCUT2D eigenvalue weighted by atomic mass is 19.1. The number of hydrogen-bond acceptors (Lipinski definition) is 3. The van der Waals surface area contributed by atoms with Crippen molar-refractivity contribution in [1.82, 2.24) is 14.5 Å². The Labute approximate surface area is 260 Å². The maximum atomic E-state index is 14.2. The van der Waals surface area contributed by atoms with Crippen LogP contribution in [-0.2, 0) is 5.41 Å². The molecule has 0 radical (unpaired) electrons. The molecule has 0 saturated heterocycles. The summed E-state index contributed by atoms with van der Waals surface area (Å²) in [5, 5.41) is 1.63. The summed E-state index contributed by atoms with van der Waals surface area (Å²) in [5.41, 5.74) is 10.1. The molecule has 3 heterocycles. The normalized spacial score (nSPS) is 12.0. The molecule has 0 bridgehead atoms. The van der Waals surface area contributed by atoms with Gasteiger partial charge in [0, 0.05) is 21.9 Å². The maximum absolute atomic E-state index is 14.2. The number of halogens is 1. The number of aromatic nitrogens is 3. The van der Waals surface area contributed by atoms with E-state index in [0.717, 1.165) is 61.1 Å². The molecule has 4 nitrogen and oxygen atoms in total. The first-order chi connectivity index (χ1) is 21.9. The van der Waals surface area contributed by atoms with Gasteiger partial charge in [-0.2, -0.15) is 9.37 Å². The molecule has 45 heavy (non-hydrogen) atoms. The van der Waals surface area contributed by atoms with Gasteiger partial charge < -0.3 is 4.42 Å². The van der Waals surface area contributed by atoms with Gasteiger partial charge >= 0.3 is 0 Å². The van der Waals surface area contributed by atoms with Crippen LogP contribution in [0.3, 0.4) is 0 Å². The van der Waals surface area contributed by atoms with Crippen LogP contribution in [0.25, 0.3) is 72.4 Å². The van der Waals surface area contributed by atoms with Gasteiger partial charge in [0.1, 0.15) is 11.4 Å². The minimum absolute atomic E-state index is 0.0897. The van der Waals surface area contributed by atoms with Gasteiger partial charge in [-0.1, -0.05) is 106 Å². The predicted molar refractivity (Wildman–Crippen MR) is 181 cm³/mol. The van der Waals surface area contributed by atoms with Crippen molar-refractivity contribution in [2.24, 2.45) is 0 Å². The molecule has 0 atom stereocenters. The molecule has 0 N–H and O–H groups in total. The topological polar surface area (TPSA) is 43.9 Å². The molecular weight excluding hydrogens is 557 g/mol. The molecular formula is C40H30FN3O. The number of rotatable bonds is 4. The first-order valence-corrected chi connectivity index (χ1v) is 15.1. The van der Waals surface area contributed by atoms with E-state index in [-0.39, 0.29) is 11.1 Å². The summed E-state index contributed by atoms with van der Waals surface area (Å²) in [7, 11) is 0. The van der Waals surface area contributed by atoms with E-state index >= 15 is 0 Å². The fraction of sp³-hybridized carbons (Fsp3) is 0.100. The Morgan fingerprint density at radius 1 is 0.622 bits per heavy atom. The number of imidazole rings is 1. The molecule has 8 rings (SSSR count). The molecule has 0 saturated carbocycles. The average molecular weight is 588 g/mol. The standard InChI is InChI=1S/C40H30FN3O/c1-40(2,3)27-23-31(25-13-6-4-7-14-25)36(32(24-27)26-15-8-5-9-16-26)44-34-20-11-10-19-33(34)42-38(44)30-18-12-17-28-29-21-22-35(41)43-39(29)45-37(28)30/h4-24H,1-3H3. The first kappa shape index (κ1) is 27.0. The van der Waals surface area contributed by atoms with Gasteiger partial charge in [-0.25, -0.2) is 4.98 Å². The molecule has 0 unspecified atom stereocenters. The van der Waals surface area contributed by atoms with Gasteiger partial charge in [-0.3, -0.25) is 4.57 Å². The van der Waals surface area contributed by atoms with Gasteiger partial charge in [-0.05, 0) is 64.6 Å². The molecule has 3 aromatic heterocycles. The van der Waals surface area contributed by atoms with E-state index in [1.807, 2.05) is 48.5 Å². The lowest BCUT2D eigenvalue weighted by Gasteiger charge is -2.26. The zero-order valence-corrected chi connectivity index (χ0v) is 25.3. The number of furan rings is 1. The SMILES string of the molecule is CC(C)(C)c1cc(-c2ccccc2)c(-n2c(-c3cccc4c3oc3nc(F)ccc34)nc3ccccc32)c(-c2ccccc2)c1. The Hall–Kier alpha value is -5.55. The second-order valence-electron chi connectivity index (χ2n) is 12.4. The van der Waals surface area contributed by atoms with E-state index in [2.05, 4.69) is 97.1 Å². The molecule has 218 valence electrons. The van der Waals surface area contributed by atoms with E-state index < -0.39 is 5.95 Å². The number of para-hydroxylation sites is 3. The zero-order chi connectivity index (χ0) is 30.7. The number of pyridine rings is 1. The van der Waals surface area contributed by atoms with Crippen molar-refractivity contribution >= 4 is 33.1 Å². The van der Waals surface area contributed by atoms with Gasteiger partial charge in [0.25, 0.3) is 0 Å². The van der Waals surface area contributed by atoms with Gasteiger partial charge in [0.05, 0.1) is 22.3 Å². The van der Waals surface area contributed by atoms with E-state index in [1.165, 1.54) is 11.6 Å².